The lowest BCUT2D eigenvalue weighted by Gasteiger charge is -2.10. The second-order valence-electron chi connectivity index (χ2n) is 4.82. The van der Waals surface area contributed by atoms with Crippen LogP contribution in [0.3, 0.4) is 0 Å². The first-order valence-corrected chi connectivity index (χ1v) is 9.30. The molecule has 2 heterocycles. The lowest BCUT2D eigenvalue weighted by molar-refractivity contribution is 0.627. The first-order valence-electron chi connectivity index (χ1n) is 6.81. The molecular weight excluding hydrogens is 366 g/mol. The van der Waals surface area contributed by atoms with Crippen LogP contribution in [0.1, 0.15) is 19.0 Å². The van der Waals surface area contributed by atoms with E-state index in [2.05, 4.69) is 51.0 Å². The van der Waals surface area contributed by atoms with Gasteiger partial charge in [0.1, 0.15) is 5.03 Å². The Bertz CT molecular complexity index is 750. The van der Waals surface area contributed by atoms with E-state index in [0.717, 1.165) is 27.3 Å². The number of benzene rings is 1. The molecule has 0 aliphatic rings. The molecule has 6 heteroatoms. The molecule has 21 heavy (non-hydrogen) atoms. The Hall–Kier alpha value is -0.820. The fraction of sp³-hybridized carbons (Fsp3) is 0.267. The SMILES string of the molecule is CCC(N)Cc1c(Sc2ccccc2Br)nc2sccn12. The van der Waals surface area contributed by atoms with Gasteiger partial charge in [0.2, 0.25) is 0 Å². The minimum absolute atomic E-state index is 0.170. The molecule has 0 radical (unpaired) electrons. The highest BCUT2D eigenvalue weighted by Gasteiger charge is 2.17. The van der Waals surface area contributed by atoms with Gasteiger partial charge in [0.25, 0.3) is 0 Å². The normalized spacial score (nSPS) is 12.9. The number of thiazole rings is 1. The molecule has 0 fully saturated rings. The molecule has 0 saturated carbocycles. The zero-order valence-electron chi connectivity index (χ0n) is 11.6. The molecule has 0 spiro atoms. The van der Waals surface area contributed by atoms with Crippen LogP contribution in [0.2, 0.25) is 0 Å². The second-order valence-corrected chi connectivity index (χ2v) is 7.58. The number of rotatable bonds is 5. The molecule has 2 aromatic heterocycles. The molecule has 3 rings (SSSR count). The van der Waals surface area contributed by atoms with Gasteiger partial charge >= 0.3 is 0 Å². The summed E-state index contributed by atoms with van der Waals surface area (Å²) in [5.74, 6) is 0. The zero-order valence-corrected chi connectivity index (χ0v) is 14.8. The minimum Gasteiger partial charge on any atom is -0.327 e. The van der Waals surface area contributed by atoms with Crippen molar-refractivity contribution in [1.82, 2.24) is 9.38 Å². The van der Waals surface area contributed by atoms with Crippen molar-refractivity contribution in [3.63, 3.8) is 0 Å². The summed E-state index contributed by atoms with van der Waals surface area (Å²) >= 11 is 6.95. The van der Waals surface area contributed by atoms with Gasteiger partial charge in [-0.3, -0.25) is 4.40 Å². The van der Waals surface area contributed by atoms with Crippen LogP contribution < -0.4 is 5.73 Å². The summed E-state index contributed by atoms with van der Waals surface area (Å²) in [4.78, 5) is 6.97. The summed E-state index contributed by atoms with van der Waals surface area (Å²) in [6, 6.07) is 8.39. The van der Waals surface area contributed by atoms with Crippen LogP contribution >= 0.6 is 39.0 Å². The van der Waals surface area contributed by atoms with E-state index in [1.807, 2.05) is 12.1 Å². The van der Waals surface area contributed by atoms with E-state index in [9.17, 15) is 0 Å². The third kappa shape index (κ3) is 3.18. The predicted octanol–water partition coefficient (Wildman–Crippen LogP) is 4.59. The highest BCUT2D eigenvalue weighted by molar-refractivity contribution is 9.10. The minimum atomic E-state index is 0.170. The topological polar surface area (TPSA) is 43.3 Å². The Balaban J connectivity index is 1.99. The lowest BCUT2D eigenvalue weighted by Crippen LogP contribution is -2.22. The Morgan fingerprint density at radius 1 is 1.43 bits per heavy atom. The fourth-order valence-electron chi connectivity index (χ4n) is 2.10. The van der Waals surface area contributed by atoms with Gasteiger partial charge in [-0.1, -0.05) is 30.8 Å². The molecule has 0 aliphatic heterocycles. The Morgan fingerprint density at radius 3 is 3.00 bits per heavy atom. The molecular formula is C15H16BrN3S2. The van der Waals surface area contributed by atoms with E-state index in [4.69, 9.17) is 10.7 Å². The Labute approximate surface area is 140 Å². The van der Waals surface area contributed by atoms with Gasteiger partial charge in [0, 0.05) is 33.4 Å². The number of hydrogen-bond donors (Lipinski definition) is 1. The van der Waals surface area contributed by atoms with Gasteiger partial charge in [-0.05, 0) is 34.5 Å². The van der Waals surface area contributed by atoms with E-state index in [1.165, 1.54) is 10.6 Å². The van der Waals surface area contributed by atoms with Crippen LogP contribution in [0.25, 0.3) is 4.96 Å². The van der Waals surface area contributed by atoms with E-state index < -0.39 is 0 Å². The van der Waals surface area contributed by atoms with Crippen molar-refractivity contribution in [2.24, 2.45) is 5.73 Å². The third-order valence-electron chi connectivity index (χ3n) is 3.35. The van der Waals surface area contributed by atoms with Gasteiger partial charge in [-0.2, -0.15) is 0 Å². The lowest BCUT2D eigenvalue weighted by atomic mass is 10.1. The number of hydrogen-bond acceptors (Lipinski definition) is 4. The molecule has 110 valence electrons. The molecule has 3 aromatic rings. The van der Waals surface area contributed by atoms with Crippen molar-refractivity contribution in [3.8, 4) is 0 Å². The number of nitrogens with two attached hydrogens (primary N) is 1. The van der Waals surface area contributed by atoms with Crippen LogP contribution in [-0.4, -0.2) is 15.4 Å². The quantitative estimate of drug-likeness (QED) is 0.702. The standard InChI is InChI=1S/C15H16BrN3S2/c1-2-10(17)9-12-14(18-15-19(12)7-8-20-15)21-13-6-4-3-5-11(13)16/h3-8,10H,2,9,17H2,1H3. The number of nitrogens with zero attached hydrogens (tertiary/aromatic N) is 2. The molecule has 0 aliphatic carbocycles. The summed E-state index contributed by atoms with van der Waals surface area (Å²) in [5.41, 5.74) is 7.37. The van der Waals surface area contributed by atoms with Gasteiger partial charge in [-0.15, -0.1) is 11.3 Å². The maximum Gasteiger partial charge on any atom is 0.194 e. The van der Waals surface area contributed by atoms with Crippen molar-refractivity contribution in [1.29, 1.82) is 0 Å². The van der Waals surface area contributed by atoms with Crippen LogP contribution in [0.5, 0.6) is 0 Å². The third-order valence-corrected chi connectivity index (χ3v) is 6.15. The summed E-state index contributed by atoms with van der Waals surface area (Å²) in [7, 11) is 0. The van der Waals surface area contributed by atoms with Crippen molar-refractivity contribution < 1.29 is 0 Å². The van der Waals surface area contributed by atoms with E-state index in [-0.39, 0.29) is 6.04 Å². The average Bonchev–Trinajstić information content (AvgIpc) is 3.04. The summed E-state index contributed by atoms with van der Waals surface area (Å²) in [6.45, 7) is 2.12. The smallest absolute Gasteiger partial charge is 0.194 e. The van der Waals surface area contributed by atoms with Crippen LogP contribution in [-0.2, 0) is 6.42 Å². The molecule has 0 amide bonds. The molecule has 3 nitrogen and oxygen atoms in total. The highest BCUT2D eigenvalue weighted by Crippen LogP contribution is 2.36. The Morgan fingerprint density at radius 2 is 2.24 bits per heavy atom. The van der Waals surface area contributed by atoms with Gasteiger partial charge in [-0.25, -0.2) is 4.98 Å². The van der Waals surface area contributed by atoms with Crippen LogP contribution in [0.15, 0.2) is 50.2 Å². The number of halogens is 1. The molecule has 0 bridgehead atoms. The number of aromatic nitrogens is 2. The highest BCUT2D eigenvalue weighted by atomic mass is 79.9. The molecule has 1 atom stereocenters. The van der Waals surface area contributed by atoms with Crippen LogP contribution in [0, 0.1) is 0 Å². The largest absolute Gasteiger partial charge is 0.327 e. The fourth-order valence-corrected chi connectivity index (χ4v) is 4.37. The molecule has 0 saturated heterocycles. The second kappa shape index (κ2) is 6.52. The molecule has 1 aromatic carbocycles. The maximum atomic E-state index is 6.16. The number of imidazole rings is 1. The first kappa shape index (κ1) is 15.1. The summed E-state index contributed by atoms with van der Waals surface area (Å²) in [5, 5.41) is 3.12. The number of fused-ring (bicyclic) bond motifs is 1. The van der Waals surface area contributed by atoms with E-state index >= 15 is 0 Å². The zero-order chi connectivity index (χ0) is 14.8. The monoisotopic (exact) mass is 381 g/mol. The Kier molecular flexibility index (Phi) is 4.69. The van der Waals surface area contributed by atoms with Crippen molar-refractivity contribution in [2.45, 2.75) is 35.7 Å². The van der Waals surface area contributed by atoms with Crippen molar-refractivity contribution >= 4 is 44.0 Å². The van der Waals surface area contributed by atoms with Crippen LogP contribution in [0.4, 0.5) is 0 Å². The average molecular weight is 382 g/mol. The van der Waals surface area contributed by atoms with Gasteiger partial charge in [0.15, 0.2) is 4.96 Å². The first-order chi connectivity index (χ1) is 10.2. The maximum absolute atomic E-state index is 6.16. The van der Waals surface area contributed by atoms with E-state index in [1.54, 1.807) is 23.1 Å². The van der Waals surface area contributed by atoms with Gasteiger partial charge < -0.3 is 5.73 Å². The molecule has 2 N–H and O–H groups in total. The van der Waals surface area contributed by atoms with Crippen molar-refractivity contribution in [3.05, 3.63) is 46.0 Å². The van der Waals surface area contributed by atoms with Gasteiger partial charge in [0.05, 0.1) is 5.69 Å². The summed E-state index contributed by atoms with van der Waals surface area (Å²) < 4.78 is 3.26. The molecule has 1 unspecified atom stereocenters. The van der Waals surface area contributed by atoms with Crippen molar-refractivity contribution in [2.75, 3.05) is 0 Å². The van der Waals surface area contributed by atoms with E-state index in [0.29, 0.717) is 0 Å². The summed E-state index contributed by atoms with van der Waals surface area (Å²) in [6.07, 6.45) is 3.90. The predicted molar refractivity (Wildman–Crippen MR) is 93.3 cm³/mol.